The van der Waals surface area contributed by atoms with E-state index in [1.165, 1.54) is 16.8 Å². The maximum Gasteiger partial charge on any atom is 0.244 e. The Labute approximate surface area is 188 Å². The Balaban J connectivity index is 1.79. The molecule has 1 atom stereocenters. The number of nitrogens with zero attached hydrogens (tertiary/aromatic N) is 3. The molecule has 3 N–H and O–H groups in total. The summed E-state index contributed by atoms with van der Waals surface area (Å²) < 4.78 is 15.6. The summed E-state index contributed by atoms with van der Waals surface area (Å²) in [6.45, 7) is 5.31. The number of amides is 1. The number of carbonyl (C=O) groups is 1. The van der Waals surface area contributed by atoms with Crippen molar-refractivity contribution in [2.45, 2.75) is 32.2 Å². The molecule has 0 aliphatic heterocycles. The number of nitrogens with one attached hydrogen (secondary N) is 1. The number of hydrogen-bond acceptors (Lipinski definition) is 3. The van der Waals surface area contributed by atoms with Gasteiger partial charge in [0.2, 0.25) is 5.91 Å². The zero-order valence-electron chi connectivity index (χ0n) is 17.1. The Bertz CT molecular complexity index is 1310. The minimum atomic E-state index is -0.964. The van der Waals surface area contributed by atoms with Gasteiger partial charge < -0.3 is 10.7 Å². The number of benzene rings is 1. The first kappa shape index (κ1) is 21.3. The SMILES string of the molecule is CC(c1c(Cl)ccc(F)c1Cl)c1c[nH]c2ncc(-c3cnn(C(C)(C)C(N)=O)c3)cc12. The normalized spacial score (nSPS) is 13.0. The molecular weight excluding hydrogens is 440 g/mol. The van der Waals surface area contributed by atoms with Crippen LogP contribution >= 0.6 is 23.2 Å². The summed E-state index contributed by atoms with van der Waals surface area (Å²) in [5, 5.41) is 5.55. The van der Waals surface area contributed by atoms with Crippen molar-refractivity contribution in [3.05, 3.63) is 70.0 Å². The molecule has 4 aromatic rings. The zero-order chi connectivity index (χ0) is 22.5. The van der Waals surface area contributed by atoms with E-state index in [2.05, 4.69) is 15.1 Å². The third-order valence-corrected chi connectivity index (χ3v) is 6.35. The third kappa shape index (κ3) is 3.58. The van der Waals surface area contributed by atoms with Crippen molar-refractivity contribution in [2.75, 3.05) is 0 Å². The molecule has 0 aliphatic carbocycles. The van der Waals surface area contributed by atoms with Crippen molar-refractivity contribution in [3.8, 4) is 11.1 Å². The van der Waals surface area contributed by atoms with Gasteiger partial charge in [0.15, 0.2) is 0 Å². The first-order chi connectivity index (χ1) is 14.6. The monoisotopic (exact) mass is 459 g/mol. The van der Waals surface area contributed by atoms with Gasteiger partial charge in [0.25, 0.3) is 0 Å². The molecule has 6 nitrogen and oxygen atoms in total. The van der Waals surface area contributed by atoms with Gasteiger partial charge in [-0.3, -0.25) is 9.48 Å². The Morgan fingerprint density at radius 3 is 2.71 bits per heavy atom. The molecule has 1 amide bonds. The summed E-state index contributed by atoms with van der Waals surface area (Å²) in [5.41, 5.74) is 8.19. The highest BCUT2D eigenvalue weighted by atomic mass is 35.5. The van der Waals surface area contributed by atoms with E-state index in [-0.39, 0.29) is 10.9 Å². The van der Waals surface area contributed by atoms with E-state index < -0.39 is 17.3 Å². The van der Waals surface area contributed by atoms with E-state index in [1.54, 1.807) is 32.4 Å². The fourth-order valence-corrected chi connectivity index (χ4v) is 4.22. The molecule has 0 saturated carbocycles. The molecule has 0 aliphatic rings. The molecule has 0 fully saturated rings. The molecule has 0 radical (unpaired) electrons. The van der Waals surface area contributed by atoms with Gasteiger partial charge >= 0.3 is 0 Å². The largest absolute Gasteiger partial charge is 0.368 e. The Hall–Kier alpha value is -2.90. The van der Waals surface area contributed by atoms with Crippen molar-refractivity contribution < 1.29 is 9.18 Å². The van der Waals surface area contributed by atoms with Crippen LogP contribution in [-0.4, -0.2) is 25.7 Å². The maximum atomic E-state index is 14.1. The molecule has 160 valence electrons. The van der Waals surface area contributed by atoms with Crippen LogP contribution in [0.5, 0.6) is 0 Å². The van der Waals surface area contributed by atoms with E-state index in [9.17, 15) is 9.18 Å². The first-order valence-corrected chi connectivity index (χ1v) is 10.3. The van der Waals surface area contributed by atoms with E-state index in [4.69, 9.17) is 28.9 Å². The van der Waals surface area contributed by atoms with Crippen molar-refractivity contribution >= 4 is 40.1 Å². The van der Waals surface area contributed by atoms with Crippen LogP contribution in [0.2, 0.25) is 10.0 Å². The van der Waals surface area contributed by atoms with E-state index in [0.717, 1.165) is 22.1 Å². The Morgan fingerprint density at radius 1 is 1.26 bits per heavy atom. The molecule has 4 rings (SSSR count). The van der Waals surface area contributed by atoms with Gasteiger partial charge in [-0.1, -0.05) is 30.1 Å². The molecule has 0 saturated heterocycles. The quantitative estimate of drug-likeness (QED) is 0.399. The lowest BCUT2D eigenvalue weighted by atomic mass is 9.92. The molecule has 1 unspecified atom stereocenters. The number of primary amides is 1. The predicted molar refractivity (Wildman–Crippen MR) is 120 cm³/mol. The minimum Gasteiger partial charge on any atom is -0.368 e. The Kier molecular flexibility index (Phi) is 5.27. The van der Waals surface area contributed by atoms with Crippen molar-refractivity contribution in [2.24, 2.45) is 5.73 Å². The van der Waals surface area contributed by atoms with Crippen molar-refractivity contribution in [3.63, 3.8) is 0 Å². The van der Waals surface area contributed by atoms with E-state index in [1.807, 2.05) is 19.2 Å². The van der Waals surface area contributed by atoms with Gasteiger partial charge in [0.05, 0.1) is 11.2 Å². The first-order valence-electron chi connectivity index (χ1n) is 9.57. The van der Waals surface area contributed by atoms with Crippen LogP contribution in [0.15, 0.2) is 43.0 Å². The van der Waals surface area contributed by atoms with Crippen LogP contribution in [0.4, 0.5) is 4.39 Å². The number of rotatable bonds is 5. The number of aromatic nitrogens is 4. The number of carbonyl (C=O) groups excluding carboxylic acids is 1. The molecule has 3 heterocycles. The lowest BCUT2D eigenvalue weighted by Crippen LogP contribution is -2.41. The smallest absolute Gasteiger partial charge is 0.244 e. The highest BCUT2D eigenvalue weighted by Gasteiger charge is 2.28. The number of nitrogens with two attached hydrogens (primary N) is 1. The predicted octanol–water partition coefficient (Wildman–Crippen LogP) is 5.24. The highest BCUT2D eigenvalue weighted by molar-refractivity contribution is 6.36. The summed E-state index contributed by atoms with van der Waals surface area (Å²) in [6, 6.07) is 4.72. The second-order valence-corrected chi connectivity index (χ2v) is 8.72. The summed E-state index contributed by atoms with van der Waals surface area (Å²) in [7, 11) is 0. The fraction of sp³-hybridized carbons (Fsp3) is 0.227. The van der Waals surface area contributed by atoms with Crippen LogP contribution in [0, 0.1) is 5.82 Å². The molecule has 3 aromatic heterocycles. The highest BCUT2D eigenvalue weighted by Crippen LogP contribution is 2.39. The number of H-pyrrole nitrogens is 1. The summed E-state index contributed by atoms with van der Waals surface area (Å²) >= 11 is 12.6. The minimum absolute atomic E-state index is 0.00780. The lowest BCUT2D eigenvalue weighted by Gasteiger charge is -2.20. The van der Waals surface area contributed by atoms with Crippen LogP contribution in [-0.2, 0) is 10.3 Å². The van der Waals surface area contributed by atoms with Crippen molar-refractivity contribution in [1.82, 2.24) is 19.7 Å². The molecule has 31 heavy (non-hydrogen) atoms. The van der Waals surface area contributed by atoms with E-state index >= 15 is 0 Å². The number of fused-ring (bicyclic) bond motifs is 1. The van der Waals surface area contributed by atoms with Gasteiger partial charge in [-0.15, -0.1) is 0 Å². The second kappa shape index (κ2) is 7.66. The second-order valence-electron chi connectivity index (χ2n) is 7.94. The van der Waals surface area contributed by atoms with Gasteiger partial charge in [0.1, 0.15) is 17.0 Å². The molecule has 0 bridgehead atoms. The zero-order valence-corrected chi connectivity index (χ0v) is 18.6. The van der Waals surface area contributed by atoms with E-state index in [0.29, 0.717) is 16.2 Å². The molecular formula is C22H20Cl2FN5O. The lowest BCUT2D eigenvalue weighted by molar-refractivity contribution is -0.125. The summed E-state index contributed by atoms with van der Waals surface area (Å²) in [6.07, 6.45) is 6.95. The summed E-state index contributed by atoms with van der Waals surface area (Å²) in [4.78, 5) is 19.4. The van der Waals surface area contributed by atoms with Gasteiger partial charge in [-0.25, -0.2) is 9.37 Å². The topological polar surface area (TPSA) is 89.6 Å². The van der Waals surface area contributed by atoms with Crippen LogP contribution < -0.4 is 5.73 Å². The average Bonchev–Trinajstić information content (AvgIpc) is 3.38. The average molecular weight is 460 g/mol. The summed E-state index contributed by atoms with van der Waals surface area (Å²) in [5.74, 6) is -1.28. The van der Waals surface area contributed by atoms with Gasteiger partial charge in [0, 0.05) is 46.0 Å². The van der Waals surface area contributed by atoms with Crippen molar-refractivity contribution in [1.29, 1.82) is 0 Å². The standard InChI is InChI=1S/C22H20Cl2FN5O/c1-11(18-16(23)4-5-17(25)19(18)24)15-9-28-20-14(15)6-12(7-27-20)13-8-29-30(10-13)22(2,3)21(26)31/h4-11H,1-3H3,(H2,26,31)(H,27,28). The Morgan fingerprint density at radius 2 is 2.00 bits per heavy atom. The number of halogens is 3. The van der Waals surface area contributed by atoms with Crippen LogP contribution in [0.1, 0.15) is 37.8 Å². The molecule has 9 heteroatoms. The molecule has 1 aromatic carbocycles. The van der Waals surface area contributed by atoms with Gasteiger partial charge in [-0.05, 0) is 43.2 Å². The number of aromatic amines is 1. The van der Waals surface area contributed by atoms with Crippen LogP contribution in [0.3, 0.4) is 0 Å². The maximum absolute atomic E-state index is 14.1. The number of pyridine rings is 1. The fourth-order valence-electron chi connectivity index (χ4n) is 3.53. The van der Waals surface area contributed by atoms with Gasteiger partial charge in [-0.2, -0.15) is 5.10 Å². The van der Waals surface area contributed by atoms with Crippen LogP contribution in [0.25, 0.3) is 22.2 Å². The third-order valence-electron chi connectivity index (χ3n) is 5.63. The number of hydrogen-bond donors (Lipinski definition) is 2. The molecule has 0 spiro atoms.